The molecule has 3 N–H and O–H groups in total. The highest BCUT2D eigenvalue weighted by molar-refractivity contribution is 5.97. The van der Waals surface area contributed by atoms with Crippen LogP contribution in [-0.4, -0.2) is 14.8 Å². The third kappa shape index (κ3) is 2.05. The summed E-state index contributed by atoms with van der Waals surface area (Å²) in [5.41, 5.74) is 7.80. The van der Waals surface area contributed by atoms with Gasteiger partial charge in [-0.05, 0) is 19.1 Å². The SMILES string of the molecule is Cc1c(-c2cc(N)n[nH]2)c2ccc(C(F)(F)F)cc2n1C. The molecule has 2 aromatic heterocycles. The minimum atomic E-state index is -4.36. The molecule has 2 heterocycles. The summed E-state index contributed by atoms with van der Waals surface area (Å²) in [4.78, 5) is 0. The van der Waals surface area contributed by atoms with Crippen LogP contribution in [0, 0.1) is 6.92 Å². The molecule has 0 bridgehead atoms. The molecule has 0 atom stereocenters. The fraction of sp³-hybridized carbons (Fsp3) is 0.214. The molecule has 0 saturated carbocycles. The third-order valence-corrected chi connectivity index (χ3v) is 3.69. The van der Waals surface area contributed by atoms with E-state index in [1.54, 1.807) is 17.7 Å². The Labute approximate surface area is 118 Å². The minimum Gasteiger partial charge on any atom is -0.382 e. The number of alkyl halides is 3. The number of H-pyrrole nitrogens is 1. The van der Waals surface area contributed by atoms with E-state index in [1.807, 2.05) is 6.92 Å². The largest absolute Gasteiger partial charge is 0.416 e. The van der Waals surface area contributed by atoms with Crippen LogP contribution in [-0.2, 0) is 13.2 Å². The van der Waals surface area contributed by atoms with Gasteiger partial charge in [-0.2, -0.15) is 18.3 Å². The number of nitrogens with zero attached hydrogens (tertiary/aromatic N) is 2. The lowest BCUT2D eigenvalue weighted by Gasteiger charge is -2.07. The van der Waals surface area contributed by atoms with Gasteiger partial charge in [-0.25, -0.2) is 0 Å². The summed E-state index contributed by atoms with van der Waals surface area (Å²) >= 11 is 0. The second-order valence-corrected chi connectivity index (χ2v) is 4.96. The lowest BCUT2D eigenvalue weighted by Crippen LogP contribution is -2.04. The van der Waals surface area contributed by atoms with Crippen LogP contribution >= 0.6 is 0 Å². The zero-order valence-corrected chi connectivity index (χ0v) is 11.4. The van der Waals surface area contributed by atoms with Crippen molar-refractivity contribution in [2.45, 2.75) is 13.1 Å². The van der Waals surface area contributed by atoms with Crippen molar-refractivity contribution < 1.29 is 13.2 Å². The van der Waals surface area contributed by atoms with E-state index in [0.717, 1.165) is 28.8 Å². The molecular weight excluding hydrogens is 281 g/mol. The van der Waals surface area contributed by atoms with Crippen LogP contribution < -0.4 is 5.73 Å². The molecule has 4 nitrogen and oxygen atoms in total. The summed E-state index contributed by atoms with van der Waals surface area (Å²) in [5, 5.41) is 7.40. The number of hydrogen-bond acceptors (Lipinski definition) is 2. The Morgan fingerprint density at radius 3 is 2.52 bits per heavy atom. The molecule has 0 amide bonds. The van der Waals surface area contributed by atoms with E-state index >= 15 is 0 Å². The maximum Gasteiger partial charge on any atom is 0.416 e. The molecule has 0 unspecified atom stereocenters. The van der Waals surface area contributed by atoms with E-state index < -0.39 is 11.7 Å². The van der Waals surface area contributed by atoms with Gasteiger partial charge in [-0.15, -0.1) is 0 Å². The smallest absolute Gasteiger partial charge is 0.382 e. The molecule has 1 aromatic carbocycles. The quantitative estimate of drug-likeness (QED) is 0.722. The fourth-order valence-corrected chi connectivity index (χ4v) is 2.55. The molecule has 21 heavy (non-hydrogen) atoms. The van der Waals surface area contributed by atoms with Crippen LogP contribution in [0.3, 0.4) is 0 Å². The maximum absolute atomic E-state index is 12.8. The topological polar surface area (TPSA) is 59.6 Å². The summed E-state index contributed by atoms with van der Waals surface area (Å²) in [5.74, 6) is 0.341. The summed E-state index contributed by atoms with van der Waals surface area (Å²) in [6, 6.07) is 5.40. The van der Waals surface area contributed by atoms with Crippen molar-refractivity contribution in [2.24, 2.45) is 7.05 Å². The second-order valence-electron chi connectivity index (χ2n) is 4.96. The first-order chi connectivity index (χ1) is 9.79. The molecular formula is C14H13F3N4. The zero-order chi connectivity index (χ0) is 15.4. The average molecular weight is 294 g/mol. The zero-order valence-electron chi connectivity index (χ0n) is 11.4. The molecule has 0 radical (unpaired) electrons. The Morgan fingerprint density at radius 2 is 1.95 bits per heavy atom. The Morgan fingerprint density at radius 1 is 1.24 bits per heavy atom. The summed E-state index contributed by atoms with van der Waals surface area (Å²) in [6.45, 7) is 1.85. The highest BCUT2D eigenvalue weighted by Gasteiger charge is 2.31. The van der Waals surface area contributed by atoms with Gasteiger partial charge in [-0.3, -0.25) is 5.10 Å². The second kappa shape index (κ2) is 4.28. The predicted molar refractivity (Wildman–Crippen MR) is 74.7 cm³/mol. The van der Waals surface area contributed by atoms with Gasteiger partial charge in [0.25, 0.3) is 0 Å². The summed E-state index contributed by atoms with van der Waals surface area (Å²) < 4.78 is 40.3. The third-order valence-electron chi connectivity index (χ3n) is 3.69. The first-order valence-electron chi connectivity index (χ1n) is 6.26. The van der Waals surface area contributed by atoms with Gasteiger partial charge in [0, 0.05) is 35.3 Å². The Hall–Kier alpha value is -2.44. The highest BCUT2D eigenvalue weighted by atomic mass is 19.4. The number of hydrogen-bond donors (Lipinski definition) is 2. The van der Waals surface area contributed by atoms with Gasteiger partial charge in [0.05, 0.1) is 11.3 Å². The first-order valence-corrected chi connectivity index (χ1v) is 6.26. The number of aromatic nitrogens is 3. The maximum atomic E-state index is 12.8. The molecule has 0 spiro atoms. The molecule has 0 aliphatic rings. The van der Waals surface area contributed by atoms with Crippen LogP contribution in [0.2, 0.25) is 0 Å². The molecule has 0 fully saturated rings. The van der Waals surface area contributed by atoms with Crippen molar-refractivity contribution in [3.05, 3.63) is 35.5 Å². The van der Waals surface area contributed by atoms with Crippen molar-refractivity contribution in [3.63, 3.8) is 0 Å². The van der Waals surface area contributed by atoms with Gasteiger partial charge in [0.2, 0.25) is 0 Å². The molecule has 3 aromatic rings. The predicted octanol–water partition coefficient (Wildman–Crippen LogP) is 3.48. The number of halogens is 3. The fourth-order valence-electron chi connectivity index (χ4n) is 2.55. The van der Waals surface area contributed by atoms with Gasteiger partial charge < -0.3 is 10.3 Å². The van der Waals surface area contributed by atoms with Crippen molar-refractivity contribution in [1.82, 2.24) is 14.8 Å². The summed E-state index contributed by atoms with van der Waals surface area (Å²) in [6.07, 6.45) is -4.36. The lowest BCUT2D eigenvalue weighted by molar-refractivity contribution is -0.137. The van der Waals surface area contributed by atoms with E-state index in [9.17, 15) is 13.2 Å². The lowest BCUT2D eigenvalue weighted by atomic mass is 10.1. The summed E-state index contributed by atoms with van der Waals surface area (Å²) in [7, 11) is 1.74. The van der Waals surface area contributed by atoms with Crippen LogP contribution in [0.1, 0.15) is 11.3 Å². The van der Waals surface area contributed by atoms with E-state index in [1.165, 1.54) is 6.07 Å². The number of nitrogens with two attached hydrogens (primary N) is 1. The van der Waals surface area contributed by atoms with Crippen molar-refractivity contribution >= 4 is 16.7 Å². The van der Waals surface area contributed by atoms with Gasteiger partial charge >= 0.3 is 6.18 Å². The highest BCUT2D eigenvalue weighted by Crippen LogP contribution is 2.37. The van der Waals surface area contributed by atoms with Gasteiger partial charge in [0.15, 0.2) is 0 Å². The number of rotatable bonds is 1. The number of anilines is 1. The molecule has 0 aliphatic carbocycles. The number of fused-ring (bicyclic) bond motifs is 1. The Bertz CT molecular complexity index is 827. The van der Waals surface area contributed by atoms with E-state index in [-0.39, 0.29) is 0 Å². The van der Waals surface area contributed by atoms with Crippen LogP contribution in [0.15, 0.2) is 24.3 Å². The number of aryl methyl sites for hydroxylation is 1. The van der Waals surface area contributed by atoms with Crippen LogP contribution in [0.4, 0.5) is 19.0 Å². The number of nitrogen functional groups attached to an aromatic ring is 1. The van der Waals surface area contributed by atoms with E-state index in [4.69, 9.17) is 5.73 Å². The van der Waals surface area contributed by atoms with E-state index in [2.05, 4.69) is 10.2 Å². The minimum absolute atomic E-state index is 0.341. The van der Waals surface area contributed by atoms with Crippen LogP contribution in [0.25, 0.3) is 22.2 Å². The van der Waals surface area contributed by atoms with Crippen molar-refractivity contribution in [3.8, 4) is 11.3 Å². The molecule has 3 rings (SSSR count). The number of benzene rings is 1. The van der Waals surface area contributed by atoms with E-state index in [0.29, 0.717) is 17.0 Å². The normalized spacial score (nSPS) is 12.2. The van der Waals surface area contributed by atoms with Gasteiger partial charge in [0.1, 0.15) is 5.82 Å². The molecule has 110 valence electrons. The molecule has 0 aliphatic heterocycles. The Balaban J connectivity index is 2.30. The monoisotopic (exact) mass is 294 g/mol. The van der Waals surface area contributed by atoms with Crippen molar-refractivity contribution in [1.29, 1.82) is 0 Å². The first kappa shape index (κ1) is 13.5. The van der Waals surface area contributed by atoms with Gasteiger partial charge in [-0.1, -0.05) is 6.07 Å². The molecule has 7 heteroatoms. The number of nitrogens with one attached hydrogen (secondary N) is 1. The molecule has 0 saturated heterocycles. The average Bonchev–Trinajstić information content (AvgIpc) is 2.92. The number of aromatic amines is 1. The Kier molecular flexibility index (Phi) is 2.76. The van der Waals surface area contributed by atoms with Crippen LogP contribution in [0.5, 0.6) is 0 Å². The standard InChI is InChI=1S/C14H13F3N4/c1-7-13(10-6-12(18)20-19-10)9-4-3-8(14(15,16)17)5-11(9)21(7)2/h3-6H,1-2H3,(H3,18,19,20). The van der Waals surface area contributed by atoms with Crippen molar-refractivity contribution in [2.75, 3.05) is 5.73 Å².